The lowest BCUT2D eigenvalue weighted by Crippen LogP contribution is -2.36. The highest BCUT2D eigenvalue weighted by atomic mass is 16.5. The first-order valence-corrected chi connectivity index (χ1v) is 8.26. The molecule has 1 aliphatic heterocycles. The summed E-state index contributed by atoms with van der Waals surface area (Å²) in [5.74, 6) is 2.45. The van der Waals surface area contributed by atoms with Crippen molar-refractivity contribution >= 4 is 17.0 Å². The number of aromatic nitrogens is 6. The SMILES string of the molecule is COCCn1ccnc1[C@H]1CCCN(c2ncnc3nc[nH]c23)C1. The standard InChI is InChI=1S/C16H21N7O/c1-24-8-7-22-6-4-17-15(22)12-3-2-5-23(9-12)16-13-14(19-10-18-13)20-11-21-16/h4,6,10-12H,2-3,5,7-9H2,1H3,(H,18,19,20,21)/t12-/m0/s1. The molecule has 1 atom stereocenters. The van der Waals surface area contributed by atoms with E-state index in [2.05, 4.69) is 34.4 Å². The first-order valence-electron chi connectivity index (χ1n) is 8.26. The van der Waals surface area contributed by atoms with Gasteiger partial charge in [-0.2, -0.15) is 0 Å². The number of piperidine rings is 1. The maximum absolute atomic E-state index is 5.20. The van der Waals surface area contributed by atoms with E-state index in [1.807, 2.05) is 12.4 Å². The minimum Gasteiger partial charge on any atom is -0.383 e. The van der Waals surface area contributed by atoms with Gasteiger partial charge < -0.3 is 19.2 Å². The van der Waals surface area contributed by atoms with Crippen LogP contribution in [-0.2, 0) is 11.3 Å². The molecule has 126 valence electrons. The number of nitrogens with one attached hydrogen (secondary N) is 1. The molecule has 0 radical (unpaired) electrons. The van der Waals surface area contributed by atoms with Gasteiger partial charge in [0.15, 0.2) is 11.5 Å². The number of ether oxygens (including phenoxy) is 1. The van der Waals surface area contributed by atoms with Crippen LogP contribution in [0.15, 0.2) is 25.0 Å². The zero-order valence-corrected chi connectivity index (χ0v) is 13.7. The van der Waals surface area contributed by atoms with Gasteiger partial charge in [0.2, 0.25) is 0 Å². The number of methoxy groups -OCH3 is 1. The van der Waals surface area contributed by atoms with Gasteiger partial charge in [0.25, 0.3) is 0 Å². The topological polar surface area (TPSA) is 84.8 Å². The van der Waals surface area contributed by atoms with Crippen LogP contribution in [0.1, 0.15) is 24.6 Å². The van der Waals surface area contributed by atoms with E-state index in [1.54, 1.807) is 19.8 Å². The quantitative estimate of drug-likeness (QED) is 0.766. The molecule has 4 rings (SSSR count). The fourth-order valence-corrected chi connectivity index (χ4v) is 3.43. The normalized spacial score (nSPS) is 18.4. The number of nitrogens with zero attached hydrogens (tertiary/aromatic N) is 6. The Balaban J connectivity index is 1.58. The second-order valence-corrected chi connectivity index (χ2v) is 6.06. The lowest BCUT2D eigenvalue weighted by atomic mass is 9.97. The van der Waals surface area contributed by atoms with Gasteiger partial charge in [0, 0.05) is 45.1 Å². The van der Waals surface area contributed by atoms with Crippen molar-refractivity contribution in [3.63, 3.8) is 0 Å². The van der Waals surface area contributed by atoms with Crippen molar-refractivity contribution in [2.45, 2.75) is 25.3 Å². The van der Waals surface area contributed by atoms with Crippen LogP contribution in [0.4, 0.5) is 5.82 Å². The van der Waals surface area contributed by atoms with Crippen LogP contribution in [0.3, 0.4) is 0 Å². The molecule has 8 heteroatoms. The molecule has 1 fully saturated rings. The van der Waals surface area contributed by atoms with Gasteiger partial charge in [-0.1, -0.05) is 0 Å². The summed E-state index contributed by atoms with van der Waals surface area (Å²) in [6, 6.07) is 0. The number of H-pyrrole nitrogens is 1. The van der Waals surface area contributed by atoms with E-state index in [4.69, 9.17) is 4.74 Å². The smallest absolute Gasteiger partial charge is 0.182 e. The Morgan fingerprint density at radius 2 is 2.25 bits per heavy atom. The zero-order valence-electron chi connectivity index (χ0n) is 13.7. The van der Waals surface area contributed by atoms with Gasteiger partial charge in [0.05, 0.1) is 12.9 Å². The monoisotopic (exact) mass is 327 g/mol. The number of anilines is 1. The Morgan fingerprint density at radius 1 is 1.29 bits per heavy atom. The summed E-state index contributed by atoms with van der Waals surface area (Å²) in [5.41, 5.74) is 1.62. The molecule has 4 heterocycles. The van der Waals surface area contributed by atoms with Crippen molar-refractivity contribution in [2.75, 3.05) is 31.7 Å². The van der Waals surface area contributed by atoms with Crippen molar-refractivity contribution in [2.24, 2.45) is 0 Å². The highest BCUT2D eigenvalue weighted by Gasteiger charge is 2.26. The number of hydrogen-bond acceptors (Lipinski definition) is 6. The lowest BCUT2D eigenvalue weighted by molar-refractivity contribution is 0.185. The molecule has 0 spiro atoms. The second kappa shape index (κ2) is 6.56. The molecule has 3 aromatic rings. The maximum Gasteiger partial charge on any atom is 0.182 e. The summed E-state index contributed by atoms with van der Waals surface area (Å²) in [6.07, 6.45) is 9.41. The molecule has 0 unspecified atom stereocenters. The molecule has 0 aliphatic carbocycles. The Labute approximate surface area is 139 Å². The molecular formula is C16H21N7O. The molecule has 3 aromatic heterocycles. The van der Waals surface area contributed by atoms with Crippen molar-refractivity contribution < 1.29 is 4.74 Å². The molecule has 0 saturated carbocycles. The second-order valence-electron chi connectivity index (χ2n) is 6.06. The number of aromatic amines is 1. The third-order valence-electron chi connectivity index (χ3n) is 4.57. The van der Waals surface area contributed by atoms with E-state index in [9.17, 15) is 0 Å². The molecule has 0 aromatic carbocycles. The van der Waals surface area contributed by atoms with Crippen molar-refractivity contribution in [3.05, 3.63) is 30.9 Å². The molecule has 1 N–H and O–H groups in total. The summed E-state index contributed by atoms with van der Waals surface area (Å²) in [6.45, 7) is 3.41. The number of imidazole rings is 2. The third kappa shape index (κ3) is 2.73. The van der Waals surface area contributed by atoms with Crippen LogP contribution in [-0.4, -0.2) is 56.3 Å². The Kier molecular flexibility index (Phi) is 4.12. The molecule has 1 saturated heterocycles. The summed E-state index contributed by atoms with van der Waals surface area (Å²) < 4.78 is 7.40. The number of hydrogen-bond donors (Lipinski definition) is 1. The maximum atomic E-state index is 5.20. The van der Waals surface area contributed by atoms with Crippen LogP contribution in [0.25, 0.3) is 11.2 Å². The molecule has 0 amide bonds. The van der Waals surface area contributed by atoms with Crippen molar-refractivity contribution in [1.29, 1.82) is 0 Å². The first kappa shape index (κ1) is 15.1. The third-order valence-corrected chi connectivity index (χ3v) is 4.57. The predicted molar refractivity (Wildman–Crippen MR) is 90.0 cm³/mol. The fraction of sp³-hybridized carbons (Fsp3) is 0.500. The van der Waals surface area contributed by atoms with Gasteiger partial charge in [-0.15, -0.1) is 0 Å². The minimum atomic E-state index is 0.388. The number of fused-ring (bicyclic) bond motifs is 1. The summed E-state index contributed by atoms with van der Waals surface area (Å²) in [5, 5.41) is 0. The van der Waals surface area contributed by atoms with Crippen LogP contribution in [0.2, 0.25) is 0 Å². The summed E-state index contributed by atoms with van der Waals surface area (Å²) in [4.78, 5) is 23.0. The van der Waals surface area contributed by atoms with E-state index >= 15 is 0 Å². The predicted octanol–water partition coefficient (Wildman–Crippen LogP) is 1.58. The van der Waals surface area contributed by atoms with Gasteiger partial charge >= 0.3 is 0 Å². The zero-order chi connectivity index (χ0) is 16.4. The van der Waals surface area contributed by atoms with Gasteiger partial charge in [-0.25, -0.2) is 19.9 Å². The minimum absolute atomic E-state index is 0.388. The van der Waals surface area contributed by atoms with E-state index in [-0.39, 0.29) is 0 Å². The molecular weight excluding hydrogens is 306 g/mol. The van der Waals surface area contributed by atoms with E-state index in [0.29, 0.717) is 18.2 Å². The molecule has 24 heavy (non-hydrogen) atoms. The molecule has 1 aliphatic rings. The molecule has 8 nitrogen and oxygen atoms in total. The summed E-state index contributed by atoms with van der Waals surface area (Å²) in [7, 11) is 1.73. The Morgan fingerprint density at radius 3 is 3.17 bits per heavy atom. The summed E-state index contributed by atoms with van der Waals surface area (Å²) >= 11 is 0. The van der Waals surface area contributed by atoms with Crippen molar-refractivity contribution in [3.8, 4) is 0 Å². The van der Waals surface area contributed by atoms with Crippen LogP contribution < -0.4 is 4.90 Å². The van der Waals surface area contributed by atoms with Gasteiger partial charge in [-0.05, 0) is 12.8 Å². The first-order chi connectivity index (χ1) is 11.9. The van der Waals surface area contributed by atoms with E-state index in [1.165, 1.54) is 0 Å². The van der Waals surface area contributed by atoms with E-state index < -0.39 is 0 Å². The van der Waals surface area contributed by atoms with Crippen molar-refractivity contribution in [1.82, 2.24) is 29.5 Å². The number of rotatable bonds is 5. The highest BCUT2D eigenvalue weighted by Crippen LogP contribution is 2.30. The Hall–Kier alpha value is -2.48. The van der Waals surface area contributed by atoms with Gasteiger partial charge in [0.1, 0.15) is 17.7 Å². The average molecular weight is 327 g/mol. The molecule has 0 bridgehead atoms. The van der Waals surface area contributed by atoms with Crippen LogP contribution in [0.5, 0.6) is 0 Å². The fourth-order valence-electron chi connectivity index (χ4n) is 3.43. The van der Waals surface area contributed by atoms with Crippen LogP contribution in [0, 0.1) is 0 Å². The largest absolute Gasteiger partial charge is 0.383 e. The van der Waals surface area contributed by atoms with Gasteiger partial charge in [-0.3, -0.25) is 0 Å². The lowest BCUT2D eigenvalue weighted by Gasteiger charge is -2.33. The van der Waals surface area contributed by atoms with Crippen LogP contribution >= 0.6 is 0 Å². The average Bonchev–Trinajstić information content (AvgIpc) is 3.28. The van der Waals surface area contributed by atoms with E-state index in [0.717, 1.165) is 49.6 Å². The Bertz CT molecular complexity index is 811. The highest BCUT2D eigenvalue weighted by molar-refractivity contribution is 5.82.